The minimum Gasteiger partial charge on any atom is -0.497 e. The van der Waals surface area contributed by atoms with Crippen molar-refractivity contribution in [1.82, 2.24) is 15.2 Å². The average Bonchev–Trinajstić information content (AvgIpc) is 2.74. The predicted octanol–water partition coefficient (Wildman–Crippen LogP) is 1.73. The van der Waals surface area contributed by atoms with Crippen molar-refractivity contribution in [2.75, 3.05) is 44.7 Å². The van der Waals surface area contributed by atoms with Gasteiger partial charge < -0.3 is 19.9 Å². The van der Waals surface area contributed by atoms with Gasteiger partial charge in [0, 0.05) is 39.6 Å². The Morgan fingerprint density at radius 1 is 1.14 bits per heavy atom. The predicted molar refractivity (Wildman–Crippen MR) is 108 cm³/mol. The molecule has 1 fully saturated rings. The van der Waals surface area contributed by atoms with Crippen molar-refractivity contribution in [3.8, 4) is 5.75 Å². The van der Waals surface area contributed by atoms with E-state index in [0.717, 1.165) is 36.5 Å². The summed E-state index contributed by atoms with van der Waals surface area (Å²) in [4.78, 5) is 32.0. The van der Waals surface area contributed by atoms with Crippen molar-refractivity contribution in [2.24, 2.45) is 0 Å². The number of methoxy groups -OCH3 is 1. The maximum atomic E-state index is 12.3. The standard InChI is InChI=1S/C21H26N4O3/c1-16(26)24-10-12-25(13-11-24)18-6-7-20(23-15-18)21(27)22-9-8-17-4-3-5-19(14-17)28-2/h3-7,14-15H,8-13H2,1-2H3,(H,22,27). The van der Waals surface area contributed by atoms with Gasteiger partial charge in [0.25, 0.3) is 5.91 Å². The monoisotopic (exact) mass is 382 g/mol. The number of nitrogens with one attached hydrogen (secondary N) is 1. The highest BCUT2D eigenvalue weighted by molar-refractivity contribution is 5.92. The summed E-state index contributed by atoms with van der Waals surface area (Å²) >= 11 is 0. The summed E-state index contributed by atoms with van der Waals surface area (Å²) in [6.07, 6.45) is 2.45. The van der Waals surface area contributed by atoms with Crippen LogP contribution in [0.1, 0.15) is 23.0 Å². The summed E-state index contributed by atoms with van der Waals surface area (Å²) in [6.45, 7) is 5.09. The molecule has 1 aromatic heterocycles. The first-order valence-electron chi connectivity index (χ1n) is 9.44. The van der Waals surface area contributed by atoms with Crippen molar-refractivity contribution in [3.63, 3.8) is 0 Å². The smallest absolute Gasteiger partial charge is 0.269 e. The molecule has 7 heteroatoms. The van der Waals surface area contributed by atoms with Crippen LogP contribution < -0.4 is 15.0 Å². The Morgan fingerprint density at radius 2 is 1.93 bits per heavy atom. The Balaban J connectivity index is 1.49. The van der Waals surface area contributed by atoms with Gasteiger partial charge in [0.1, 0.15) is 11.4 Å². The zero-order valence-electron chi connectivity index (χ0n) is 16.4. The van der Waals surface area contributed by atoms with Crippen LogP contribution in [0, 0.1) is 0 Å². The first kappa shape index (κ1) is 19.7. The molecule has 0 radical (unpaired) electrons. The SMILES string of the molecule is COc1cccc(CCNC(=O)c2ccc(N3CCN(C(C)=O)CC3)cn2)c1. The summed E-state index contributed by atoms with van der Waals surface area (Å²) in [5.74, 6) is 0.736. The molecule has 1 saturated heterocycles. The number of benzene rings is 1. The normalized spacial score (nSPS) is 13.9. The lowest BCUT2D eigenvalue weighted by Crippen LogP contribution is -2.48. The van der Waals surface area contributed by atoms with E-state index in [0.29, 0.717) is 25.3 Å². The van der Waals surface area contributed by atoms with Crippen LogP contribution >= 0.6 is 0 Å². The molecule has 2 amide bonds. The van der Waals surface area contributed by atoms with Crippen LogP contribution in [0.4, 0.5) is 5.69 Å². The maximum absolute atomic E-state index is 12.3. The molecule has 0 aliphatic carbocycles. The molecule has 0 saturated carbocycles. The number of piperazine rings is 1. The second-order valence-corrected chi connectivity index (χ2v) is 6.75. The van der Waals surface area contributed by atoms with Crippen LogP contribution in [0.15, 0.2) is 42.6 Å². The highest BCUT2D eigenvalue weighted by atomic mass is 16.5. The fourth-order valence-corrected chi connectivity index (χ4v) is 3.23. The Kier molecular flexibility index (Phi) is 6.47. The van der Waals surface area contributed by atoms with E-state index in [1.165, 1.54) is 0 Å². The molecule has 3 rings (SSSR count). The second kappa shape index (κ2) is 9.21. The van der Waals surface area contributed by atoms with Gasteiger partial charge in [-0.15, -0.1) is 0 Å². The molecule has 1 aliphatic rings. The fraction of sp³-hybridized carbons (Fsp3) is 0.381. The van der Waals surface area contributed by atoms with E-state index in [1.54, 1.807) is 26.3 Å². The van der Waals surface area contributed by atoms with Crippen LogP contribution in [-0.4, -0.2) is 61.5 Å². The van der Waals surface area contributed by atoms with E-state index >= 15 is 0 Å². The highest BCUT2D eigenvalue weighted by Crippen LogP contribution is 2.16. The maximum Gasteiger partial charge on any atom is 0.269 e. The van der Waals surface area contributed by atoms with Crippen LogP contribution in [0.2, 0.25) is 0 Å². The van der Waals surface area contributed by atoms with Crippen LogP contribution in [0.25, 0.3) is 0 Å². The lowest BCUT2D eigenvalue weighted by molar-refractivity contribution is -0.129. The van der Waals surface area contributed by atoms with Crippen molar-refractivity contribution < 1.29 is 14.3 Å². The summed E-state index contributed by atoms with van der Waals surface area (Å²) < 4.78 is 5.21. The molecule has 0 bridgehead atoms. The molecule has 1 N–H and O–H groups in total. The molecule has 0 spiro atoms. The van der Waals surface area contributed by atoms with Gasteiger partial charge in [0.2, 0.25) is 5.91 Å². The molecule has 148 valence electrons. The van der Waals surface area contributed by atoms with Gasteiger partial charge in [0.15, 0.2) is 0 Å². The first-order chi connectivity index (χ1) is 13.6. The summed E-state index contributed by atoms with van der Waals surface area (Å²) in [7, 11) is 1.64. The molecular formula is C21H26N4O3. The molecule has 2 aromatic rings. The average molecular weight is 382 g/mol. The van der Waals surface area contributed by atoms with Crippen LogP contribution in [0.3, 0.4) is 0 Å². The van der Waals surface area contributed by atoms with Gasteiger partial charge in [0.05, 0.1) is 19.0 Å². The summed E-state index contributed by atoms with van der Waals surface area (Å²) in [6, 6.07) is 11.5. The lowest BCUT2D eigenvalue weighted by Gasteiger charge is -2.35. The summed E-state index contributed by atoms with van der Waals surface area (Å²) in [5.41, 5.74) is 2.47. The Labute approximate surface area is 165 Å². The zero-order valence-corrected chi connectivity index (χ0v) is 16.4. The second-order valence-electron chi connectivity index (χ2n) is 6.75. The number of aromatic nitrogens is 1. The Bertz CT molecular complexity index is 815. The van der Waals surface area contributed by atoms with E-state index in [9.17, 15) is 9.59 Å². The molecule has 0 unspecified atom stereocenters. The molecule has 2 heterocycles. The van der Waals surface area contributed by atoms with E-state index < -0.39 is 0 Å². The minimum absolute atomic E-state index is 0.110. The number of nitrogens with zero attached hydrogens (tertiary/aromatic N) is 3. The van der Waals surface area contributed by atoms with Crippen molar-refractivity contribution in [2.45, 2.75) is 13.3 Å². The van der Waals surface area contributed by atoms with Crippen LogP contribution in [-0.2, 0) is 11.2 Å². The molecule has 1 aromatic carbocycles. The number of carbonyl (C=O) groups excluding carboxylic acids is 2. The van der Waals surface area contributed by atoms with Crippen molar-refractivity contribution >= 4 is 17.5 Å². The largest absolute Gasteiger partial charge is 0.497 e. The van der Waals surface area contributed by atoms with Gasteiger partial charge in [-0.05, 0) is 36.2 Å². The van der Waals surface area contributed by atoms with Crippen LogP contribution in [0.5, 0.6) is 5.75 Å². The van der Waals surface area contributed by atoms with E-state index in [4.69, 9.17) is 4.74 Å². The van der Waals surface area contributed by atoms with Gasteiger partial charge in [-0.1, -0.05) is 12.1 Å². The number of rotatable bonds is 6. The van der Waals surface area contributed by atoms with E-state index in [2.05, 4.69) is 15.2 Å². The van der Waals surface area contributed by atoms with E-state index in [1.807, 2.05) is 35.2 Å². The van der Waals surface area contributed by atoms with Crippen molar-refractivity contribution in [3.05, 3.63) is 53.9 Å². The Hall–Kier alpha value is -3.09. The molecule has 7 nitrogen and oxygen atoms in total. The highest BCUT2D eigenvalue weighted by Gasteiger charge is 2.19. The Morgan fingerprint density at radius 3 is 2.57 bits per heavy atom. The number of anilines is 1. The third kappa shape index (κ3) is 5.00. The number of ether oxygens (including phenoxy) is 1. The van der Waals surface area contributed by atoms with Gasteiger partial charge in [-0.2, -0.15) is 0 Å². The third-order valence-electron chi connectivity index (χ3n) is 4.90. The van der Waals surface area contributed by atoms with Gasteiger partial charge in [-0.3, -0.25) is 9.59 Å². The topological polar surface area (TPSA) is 74.8 Å². The lowest BCUT2D eigenvalue weighted by atomic mass is 10.1. The molecule has 28 heavy (non-hydrogen) atoms. The van der Waals surface area contributed by atoms with Gasteiger partial charge >= 0.3 is 0 Å². The first-order valence-corrected chi connectivity index (χ1v) is 9.44. The van der Waals surface area contributed by atoms with E-state index in [-0.39, 0.29) is 11.8 Å². The number of hydrogen-bond acceptors (Lipinski definition) is 5. The number of amides is 2. The molecular weight excluding hydrogens is 356 g/mol. The van der Waals surface area contributed by atoms with Gasteiger partial charge in [-0.25, -0.2) is 4.98 Å². The molecule has 1 aliphatic heterocycles. The van der Waals surface area contributed by atoms with Crippen molar-refractivity contribution in [1.29, 1.82) is 0 Å². The third-order valence-corrected chi connectivity index (χ3v) is 4.90. The number of pyridine rings is 1. The fourth-order valence-electron chi connectivity index (χ4n) is 3.23. The minimum atomic E-state index is -0.184. The number of hydrogen-bond donors (Lipinski definition) is 1. The summed E-state index contributed by atoms with van der Waals surface area (Å²) in [5, 5.41) is 2.90. The molecule has 0 atom stereocenters. The number of carbonyl (C=O) groups is 2. The zero-order chi connectivity index (χ0) is 19.9. The quantitative estimate of drug-likeness (QED) is 0.824.